The summed E-state index contributed by atoms with van der Waals surface area (Å²) in [6.07, 6.45) is 0. The van der Waals surface area contributed by atoms with E-state index >= 15 is 0 Å². The molecule has 1 N–H and O–H groups in total. The molecule has 2 saturated heterocycles. The third-order valence-corrected chi connectivity index (χ3v) is 6.08. The Bertz CT molecular complexity index is 915. The van der Waals surface area contributed by atoms with Crippen LogP contribution >= 0.6 is 0 Å². The van der Waals surface area contributed by atoms with Crippen molar-refractivity contribution in [2.45, 2.75) is 6.04 Å². The maximum atomic E-state index is 13.1. The van der Waals surface area contributed by atoms with Crippen LogP contribution in [0.15, 0.2) is 60.7 Å². The number of aromatic amines is 1. The fourth-order valence-corrected chi connectivity index (χ4v) is 4.93. The van der Waals surface area contributed by atoms with Gasteiger partial charge in [-0.3, -0.25) is 9.69 Å². The number of amides is 1. The maximum Gasteiger partial charge on any atom is 0.270 e. The molecule has 2 aromatic carbocycles. The predicted molar refractivity (Wildman–Crippen MR) is 103 cm³/mol. The highest BCUT2D eigenvalue weighted by atomic mass is 16.2. The first-order valence-corrected chi connectivity index (χ1v) is 9.33. The molecule has 0 saturated carbocycles. The maximum absolute atomic E-state index is 13.1. The number of nitrogens with one attached hydrogen (secondary N) is 1. The summed E-state index contributed by atoms with van der Waals surface area (Å²) in [4.78, 5) is 20.8. The van der Waals surface area contributed by atoms with Crippen molar-refractivity contribution in [1.82, 2.24) is 14.8 Å². The van der Waals surface area contributed by atoms with Crippen LogP contribution in [0.1, 0.15) is 22.1 Å². The van der Waals surface area contributed by atoms with Gasteiger partial charge in [-0.1, -0.05) is 48.5 Å². The van der Waals surface area contributed by atoms with Gasteiger partial charge in [0, 0.05) is 42.5 Å². The van der Waals surface area contributed by atoms with Gasteiger partial charge in [0.1, 0.15) is 5.69 Å². The van der Waals surface area contributed by atoms with Gasteiger partial charge in [-0.2, -0.15) is 0 Å². The second kappa shape index (κ2) is 5.99. The highest BCUT2D eigenvalue weighted by Gasteiger charge is 2.47. The molecule has 0 bridgehead atoms. The number of fused-ring (bicyclic) bond motifs is 2. The van der Waals surface area contributed by atoms with E-state index in [0.29, 0.717) is 23.6 Å². The van der Waals surface area contributed by atoms with Crippen LogP contribution in [0, 0.1) is 11.8 Å². The number of likely N-dealkylation sites (tertiary alicyclic amines) is 2. The lowest BCUT2D eigenvalue weighted by molar-refractivity contribution is 0.0763. The first kappa shape index (κ1) is 15.6. The van der Waals surface area contributed by atoms with Crippen LogP contribution in [0.4, 0.5) is 0 Å². The zero-order chi connectivity index (χ0) is 17.7. The molecular formula is C22H23N3O. The monoisotopic (exact) mass is 345 g/mol. The molecule has 3 heterocycles. The van der Waals surface area contributed by atoms with E-state index in [1.54, 1.807) is 0 Å². The molecule has 2 aliphatic heterocycles. The zero-order valence-electron chi connectivity index (χ0n) is 14.9. The van der Waals surface area contributed by atoms with Gasteiger partial charge >= 0.3 is 0 Å². The second-order valence-corrected chi connectivity index (χ2v) is 7.70. The molecule has 5 rings (SSSR count). The van der Waals surface area contributed by atoms with Crippen molar-refractivity contribution >= 4 is 16.8 Å². The van der Waals surface area contributed by atoms with Crippen molar-refractivity contribution in [2.75, 3.05) is 26.7 Å². The number of hydrogen-bond acceptors (Lipinski definition) is 2. The van der Waals surface area contributed by atoms with E-state index in [9.17, 15) is 4.79 Å². The standard InChI is InChI=1S/C22H23N3O/c1-24-12-17-13-25(14-18(17)21(24)15-7-3-2-4-8-15)22(26)20-11-16-9-5-6-10-19(16)23-20/h2-11,17-18,21,23H,12-14H2,1H3/t17-,18+,21-/m0/s1. The van der Waals surface area contributed by atoms with Gasteiger partial charge in [0.2, 0.25) is 0 Å². The summed E-state index contributed by atoms with van der Waals surface area (Å²) < 4.78 is 0. The van der Waals surface area contributed by atoms with Crippen molar-refractivity contribution < 1.29 is 4.79 Å². The van der Waals surface area contributed by atoms with Crippen LogP contribution in [0.25, 0.3) is 10.9 Å². The number of para-hydroxylation sites is 1. The molecule has 0 unspecified atom stereocenters. The van der Waals surface area contributed by atoms with Crippen LogP contribution < -0.4 is 0 Å². The van der Waals surface area contributed by atoms with Crippen LogP contribution in [0.5, 0.6) is 0 Å². The average Bonchev–Trinajstić information content (AvgIpc) is 3.33. The molecule has 0 aliphatic carbocycles. The first-order valence-electron chi connectivity index (χ1n) is 9.33. The Morgan fingerprint density at radius 2 is 1.77 bits per heavy atom. The van der Waals surface area contributed by atoms with E-state index in [1.165, 1.54) is 5.56 Å². The molecular weight excluding hydrogens is 322 g/mol. The van der Waals surface area contributed by atoms with Crippen molar-refractivity contribution in [3.05, 3.63) is 71.9 Å². The molecule has 4 heteroatoms. The van der Waals surface area contributed by atoms with E-state index in [2.05, 4.69) is 47.3 Å². The van der Waals surface area contributed by atoms with Gasteiger partial charge in [0.15, 0.2) is 0 Å². The molecule has 3 aromatic rings. The number of carbonyl (C=O) groups excluding carboxylic acids is 1. The Hall–Kier alpha value is -2.59. The Morgan fingerprint density at radius 3 is 2.58 bits per heavy atom. The lowest BCUT2D eigenvalue weighted by atomic mass is 9.90. The molecule has 4 nitrogen and oxygen atoms in total. The molecule has 3 atom stereocenters. The molecule has 26 heavy (non-hydrogen) atoms. The van der Waals surface area contributed by atoms with E-state index < -0.39 is 0 Å². The summed E-state index contributed by atoms with van der Waals surface area (Å²) in [6, 6.07) is 21.2. The van der Waals surface area contributed by atoms with Gasteiger partial charge in [0.25, 0.3) is 5.91 Å². The van der Waals surface area contributed by atoms with Crippen molar-refractivity contribution in [3.8, 4) is 0 Å². The summed E-state index contributed by atoms with van der Waals surface area (Å²) in [5.41, 5.74) is 3.09. The number of hydrogen-bond donors (Lipinski definition) is 1. The van der Waals surface area contributed by atoms with Gasteiger partial charge < -0.3 is 9.88 Å². The van der Waals surface area contributed by atoms with Crippen LogP contribution in [-0.2, 0) is 0 Å². The fourth-order valence-electron chi connectivity index (χ4n) is 4.93. The quantitative estimate of drug-likeness (QED) is 0.772. The smallest absolute Gasteiger partial charge is 0.270 e. The highest BCUT2D eigenvalue weighted by molar-refractivity contribution is 5.98. The van der Waals surface area contributed by atoms with Crippen molar-refractivity contribution in [3.63, 3.8) is 0 Å². The minimum atomic E-state index is 0.130. The van der Waals surface area contributed by atoms with Gasteiger partial charge in [-0.25, -0.2) is 0 Å². The number of carbonyl (C=O) groups is 1. The molecule has 132 valence electrons. The van der Waals surface area contributed by atoms with E-state index in [1.807, 2.05) is 35.2 Å². The number of benzene rings is 2. The molecule has 1 amide bonds. The van der Waals surface area contributed by atoms with Crippen molar-refractivity contribution in [1.29, 1.82) is 0 Å². The van der Waals surface area contributed by atoms with Gasteiger partial charge in [-0.15, -0.1) is 0 Å². The second-order valence-electron chi connectivity index (χ2n) is 7.70. The normalized spacial score (nSPS) is 25.7. The fraction of sp³-hybridized carbons (Fsp3) is 0.318. The zero-order valence-corrected chi connectivity index (χ0v) is 14.9. The van der Waals surface area contributed by atoms with Crippen LogP contribution in [0.2, 0.25) is 0 Å². The van der Waals surface area contributed by atoms with E-state index in [-0.39, 0.29) is 5.91 Å². The van der Waals surface area contributed by atoms with E-state index in [0.717, 1.165) is 30.5 Å². The number of aromatic nitrogens is 1. The molecule has 0 radical (unpaired) electrons. The Labute approximate surface area is 153 Å². The predicted octanol–water partition coefficient (Wildman–Crippen LogP) is 3.54. The lowest BCUT2D eigenvalue weighted by Crippen LogP contribution is -2.33. The topological polar surface area (TPSA) is 39.3 Å². The van der Waals surface area contributed by atoms with E-state index in [4.69, 9.17) is 0 Å². The Kier molecular flexibility index (Phi) is 3.61. The van der Waals surface area contributed by atoms with Crippen molar-refractivity contribution in [2.24, 2.45) is 11.8 Å². The SMILES string of the molecule is CN1C[C@H]2CN(C(=O)c3cc4ccccc4[nH]3)C[C@H]2[C@@H]1c1ccccc1. The summed E-state index contributed by atoms with van der Waals surface area (Å²) in [6.45, 7) is 2.75. The summed E-state index contributed by atoms with van der Waals surface area (Å²) >= 11 is 0. The third-order valence-electron chi connectivity index (χ3n) is 6.08. The Balaban J connectivity index is 1.39. The minimum absolute atomic E-state index is 0.130. The highest BCUT2D eigenvalue weighted by Crippen LogP contribution is 2.44. The lowest BCUT2D eigenvalue weighted by Gasteiger charge is -2.26. The third kappa shape index (κ3) is 2.44. The summed E-state index contributed by atoms with van der Waals surface area (Å²) in [7, 11) is 2.21. The average molecular weight is 345 g/mol. The number of H-pyrrole nitrogens is 1. The largest absolute Gasteiger partial charge is 0.351 e. The van der Waals surface area contributed by atoms with Gasteiger partial charge in [-0.05, 0) is 30.7 Å². The molecule has 1 aromatic heterocycles. The number of nitrogens with zero attached hydrogens (tertiary/aromatic N) is 2. The molecule has 2 aliphatic rings. The summed E-state index contributed by atoms with van der Waals surface area (Å²) in [5.74, 6) is 1.19. The summed E-state index contributed by atoms with van der Waals surface area (Å²) in [5, 5.41) is 1.09. The van der Waals surface area contributed by atoms with Crippen LogP contribution in [0.3, 0.4) is 0 Å². The minimum Gasteiger partial charge on any atom is -0.351 e. The van der Waals surface area contributed by atoms with Crippen LogP contribution in [-0.4, -0.2) is 47.4 Å². The Morgan fingerprint density at radius 1 is 1.00 bits per heavy atom. The molecule has 0 spiro atoms. The number of rotatable bonds is 2. The molecule has 2 fully saturated rings. The van der Waals surface area contributed by atoms with Gasteiger partial charge in [0.05, 0.1) is 0 Å². The first-order chi connectivity index (χ1) is 12.7.